The summed E-state index contributed by atoms with van der Waals surface area (Å²) in [4.78, 5) is 43.0. The standard InChI is InChI=1S/C27H21Cl2F3N4O4/c1-26(2)22(36-24(38)35(25(39)40-36)21-11-5-9-19(29)14-21)34(20-10-4-8-18(28)13-20)23(37)33(26)15-16-6-3-7-17(12-16)27(30,31)32/h3-14,22H,15H2,1-2H3. The van der Waals surface area contributed by atoms with Crippen LogP contribution in [-0.4, -0.2) is 25.8 Å². The molecule has 1 aromatic heterocycles. The fourth-order valence-corrected chi connectivity index (χ4v) is 5.20. The van der Waals surface area contributed by atoms with Crippen LogP contribution in [0.3, 0.4) is 0 Å². The van der Waals surface area contributed by atoms with E-state index < -0.39 is 40.9 Å². The van der Waals surface area contributed by atoms with Gasteiger partial charge in [-0.2, -0.15) is 17.7 Å². The molecule has 0 radical (unpaired) electrons. The Morgan fingerprint density at radius 3 is 2.10 bits per heavy atom. The average Bonchev–Trinajstić information content (AvgIpc) is 3.27. The third-order valence-electron chi connectivity index (χ3n) is 6.72. The molecule has 4 aromatic rings. The van der Waals surface area contributed by atoms with Crippen molar-refractivity contribution in [2.24, 2.45) is 0 Å². The molecule has 208 valence electrons. The van der Waals surface area contributed by atoms with Gasteiger partial charge in [-0.15, -0.1) is 4.74 Å². The van der Waals surface area contributed by atoms with E-state index >= 15 is 0 Å². The number of aromatic nitrogens is 2. The maximum absolute atomic E-state index is 13.9. The molecule has 8 nitrogen and oxygen atoms in total. The molecule has 2 heterocycles. The van der Waals surface area contributed by atoms with Crippen molar-refractivity contribution in [3.63, 3.8) is 0 Å². The molecule has 3 aromatic carbocycles. The number of anilines is 1. The van der Waals surface area contributed by atoms with Gasteiger partial charge < -0.3 is 9.42 Å². The molecule has 1 aliphatic rings. The minimum absolute atomic E-state index is 0.155. The number of rotatable bonds is 5. The summed E-state index contributed by atoms with van der Waals surface area (Å²) in [5, 5.41) is 0.573. The van der Waals surface area contributed by atoms with Crippen molar-refractivity contribution in [2.75, 3.05) is 4.90 Å². The number of amides is 2. The predicted molar refractivity (Wildman–Crippen MR) is 143 cm³/mol. The summed E-state index contributed by atoms with van der Waals surface area (Å²) in [5.74, 6) is -1.02. The van der Waals surface area contributed by atoms with E-state index in [1.165, 1.54) is 40.1 Å². The molecule has 2 amide bonds. The average molecular weight is 593 g/mol. The summed E-state index contributed by atoms with van der Waals surface area (Å²) in [6.07, 6.45) is -5.81. The van der Waals surface area contributed by atoms with Crippen LogP contribution in [-0.2, 0) is 12.7 Å². The highest BCUT2D eigenvalue weighted by atomic mass is 35.5. The zero-order valence-corrected chi connectivity index (χ0v) is 22.5. The first-order chi connectivity index (χ1) is 18.8. The zero-order valence-electron chi connectivity index (χ0n) is 21.0. The number of carbonyl (C=O) groups is 1. The topological polar surface area (TPSA) is 80.7 Å². The Balaban J connectivity index is 1.66. The normalized spacial score (nSPS) is 17.1. The van der Waals surface area contributed by atoms with E-state index in [9.17, 15) is 27.6 Å². The highest BCUT2D eigenvalue weighted by Gasteiger charge is 2.55. The van der Waals surface area contributed by atoms with Gasteiger partial charge in [-0.1, -0.05) is 47.5 Å². The van der Waals surface area contributed by atoms with Gasteiger partial charge in [0.15, 0.2) is 6.17 Å². The van der Waals surface area contributed by atoms with Crippen LogP contribution >= 0.6 is 23.2 Å². The molecule has 0 bridgehead atoms. The number of halogens is 5. The lowest BCUT2D eigenvalue weighted by Gasteiger charge is -2.34. The van der Waals surface area contributed by atoms with Crippen molar-refractivity contribution < 1.29 is 22.5 Å². The van der Waals surface area contributed by atoms with Crippen LogP contribution in [0.1, 0.15) is 31.1 Å². The SMILES string of the molecule is CC1(C)C(n2oc(=O)n(-c3cccc(Cl)c3)c2=O)N(c2cccc(Cl)c2)C(=O)N1Cc1cccc(C(F)(F)F)c1. The number of hydrogen-bond donors (Lipinski definition) is 0. The Hall–Kier alpha value is -3.96. The van der Waals surface area contributed by atoms with Crippen LogP contribution in [0.2, 0.25) is 10.0 Å². The molecular formula is C27H21Cl2F3N4O4. The van der Waals surface area contributed by atoms with Gasteiger partial charge in [-0.25, -0.2) is 14.4 Å². The van der Waals surface area contributed by atoms with E-state index in [2.05, 4.69) is 0 Å². The predicted octanol–water partition coefficient (Wildman–Crippen LogP) is 6.34. The molecule has 1 saturated heterocycles. The molecule has 13 heteroatoms. The fourth-order valence-electron chi connectivity index (χ4n) is 4.83. The smallest absolute Gasteiger partial charge is 0.314 e. The van der Waals surface area contributed by atoms with Crippen molar-refractivity contribution in [1.29, 1.82) is 0 Å². The number of urea groups is 1. The first kappa shape index (κ1) is 27.6. The molecule has 1 unspecified atom stereocenters. The highest BCUT2D eigenvalue weighted by Crippen LogP contribution is 2.43. The molecule has 0 saturated carbocycles. The van der Waals surface area contributed by atoms with Gasteiger partial charge in [0, 0.05) is 22.3 Å². The Kier molecular flexibility index (Phi) is 6.83. The van der Waals surface area contributed by atoms with Crippen molar-refractivity contribution in [3.8, 4) is 5.69 Å². The van der Waals surface area contributed by atoms with Crippen molar-refractivity contribution in [1.82, 2.24) is 14.2 Å². The largest absolute Gasteiger partial charge is 0.447 e. The minimum atomic E-state index is -4.57. The van der Waals surface area contributed by atoms with Crippen LogP contribution in [0.5, 0.6) is 0 Å². The van der Waals surface area contributed by atoms with E-state index in [0.29, 0.717) is 5.02 Å². The van der Waals surface area contributed by atoms with E-state index in [0.717, 1.165) is 21.4 Å². The lowest BCUT2D eigenvalue weighted by Crippen LogP contribution is -2.46. The van der Waals surface area contributed by atoms with E-state index in [4.69, 9.17) is 27.7 Å². The number of carbonyl (C=O) groups excluding carboxylic acids is 1. The Labute approximate surface area is 235 Å². The third kappa shape index (κ3) is 4.79. The van der Waals surface area contributed by atoms with Gasteiger partial charge in [-0.3, -0.25) is 4.90 Å². The van der Waals surface area contributed by atoms with Crippen LogP contribution in [0.25, 0.3) is 5.69 Å². The summed E-state index contributed by atoms with van der Waals surface area (Å²) in [5.41, 5.74) is -2.37. The zero-order chi connectivity index (χ0) is 29.0. The monoisotopic (exact) mass is 592 g/mol. The number of nitrogens with zero attached hydrogens (tertiary/aromatic N) is 4. The summed E-state index contributed by atoms with van der Waals surface area (Å²) in [7, 11) is 0. The highest BCUT2D eigenvalue weighted by molar-refractivity contribution is 6.31. The van der Waals surface area contributed by atoms with Crippen LogP contribution in [0.15, 0.2) is 86.9 Å². The second-order valence-corrected chi connectivity index (χ2v) is 10.6. The van der Waals surface area contributed by atoms with Crippen molar-refractivity contribution >= 4 is 34.9 Å². The molecule has 5 rings (SSSR count). The second-order valence-electron chi connectivity index (χ2n) is 9.72. The lowest BCUT2D eigenvalue weighted by atomic mass is 9.99. The second kappa shape index (κ2) is 9.90. The van der Waals surface area contributed by atoms with Crippen molar-refractivity contribution in [3.05, 3.63) is 115 Å². The molecule has 0 N–H and O–H groups in total. The quantitative estimate of drug-likeness (QED) is 0.271. The van der Waals surface area contributed by atoms with E-state index in [1.54, 1.807) is 44.2 Å². The van der Waals surface area contributed by atoms with Crippen molar-refractivity contribution in [2.45, 2.75) is 38.3 Å². The summed E-state index contributed by atoms with van der Waals surface area (Å²) in [6, 6.07) is 16.3. The molecule has 1 aliphatic heterocycles. The van der Waals surface area contributed by atoms with Gasteiger partial charge in [-0.05, 0) is 67.9 Å². The van der Waals surface area contributed by atoms with Gasteiger partial charge in [0.1, 0.15) is 0 Å². The first-order valence-electron chi connectivity index (χ1n) is 11.9. The van der Waals surface area contributed by atoms with Gasteiger partial charge >= 0.3 is 23.7 Å². The Morgan fingerprint density at radius 2 is 1.48 bits per heavy atom. The number of benzene rings is 3. The molecular weight excluding hydrogens is 572 g/mol. The first-order valence-corrected chi connectivity index (χ1v) is 12.7. The van der Waals surface area contributed by atoms with Crippen LogP contribution in [0.4, 0.5) is 23.7 Å². The van der Waals surface area contributed by atoms with Crippen LogP contribution in [0, 0.1) is 0 Å². The van der Waals surface area contributed by atoms with Gasteiger partial charge in [0.25, 0.3) is 0 Å². The lowest BCUT2D eigenvalue weighted by molar-refractivity contribution is -0.137. The Bertz CT molecular complexity index is 1730. The summed E-state index contributed by atoms with van der Waals surface area (Å²) in [6.45, 7) is 3.02. The maximum Gasteiger partial charge on any atom is 0.447 e. The molecule has 0 aliphatic carbocycles. The van der Waals surface area contributed by atoms with Crippen LogP contribution < -0.4 is 16.3 Å². The maximum atomic E-state index is 13.9. The van der Waals surface area contributed by atoms with Gasteiger partial charge in [0.05, 0.1) is 16.8 Å². The molecule has 1 fully saturated rings. The van der Waals surface area contributed by atoms with E-state index in [1.807, 2.05) is 0 Å². The van der Waals surface area contributed by atoms with Gasteiger partial charge in [0.2, 0.25) is 0 Å². The Morgan fingerprint density at radius 1 is 0.875 bits per heavy atom. The summed E-state index contributed by atoms with van der Waals surface area (Å²) < 4.78 is 47.1. The number of alkyl halides is 3. The molecule has 0 spiro atoms. The minimum Gasteiger partial charge on any atom is -0.314 e. The summed E-state index contributed by atoms with van der Waals surface area (Å²) >= 11 is 12.3. The molecule has 1 atom stereocenters. The molecule has 40 heavy (non-hydrogen) atoms. The fraction of sp³-hybridized carbons (Fsp3) is 0.222. The van der Waals surface area contributed by atoms with E-state index in [-0.39, 0.29) is 28.5 Å². The third-order valence-corrected chi connectivity index (χ3v) is 7.19. The number of hydrogen-bond acceptors (Lipinski definition) is 4.